The number of ketones is 1. The number of carbonyl (C=O) groups is 2. The van der Waals surface area contributed by atoms with Crippen molar-refractivity contribution in [2.45, 2.75) is 35.5 Å². The van der Waals surface area contributed by atoms with E-state index in [4.69, 9.17) is 27.9 Å². The molecular weight excluding hydrogens is 395 g/mol. The molecule has 2 aromatic rings. The number of alkyl halides is 2. The minimum atomic E-state index is -1.10. The first-order valence-electron chi connectivity index (χ1n) is 7.87. The average molecular weight is 411 g/mol. The third kappa shape index (κ3) is 3.87. The second-order valence-corrected chi connectivity index (χ2v) is 8.73. The summed E-state index contributed by atoms with van der Waals surface area (Å²) in [5, 5.41) is 0.590. The molecule has 0 N–H and O–H groups in total. The number of hydrogen-bond donors (Lipinski definition) is 0. The van der Waals surface area contributed by atoms with Gasteiger partial charge in [0.2, 0.25) is 0 Å². The maximum Gasteiger partial charge on any atom is 0.320 e. The number of aromatic nitrogens is 2. The van der Waals surface area contributed by atoms with Crippen molar-refractivity contribution >= 4 is 46.7 Å². The van der Waals surface area contributed by atoms with E-state index in [1.807, 2.05) is 0 Å². The largest absolute Gasteiger partial charge is 0.426 e. The molecule has 0 aliphatic heterocycles. The molecule has 1 aliphatic rings. The second-order valence-electron chi connectivity index (χ2n) is 6.30. The number of nitrogens with zero attached hydrogens (tertiary/aromatic N) is 2. The van der Waals surface area contributed by atoms with Crippen LogP contribution in [0.15, 0.2) is 41.8 Å². The van der Waals surface area contributed by atoms with Crippen molar-refractivity contribution in [1.29, 1.82) is 0 Å². The molecule has 136 valence electrons. The minimum absolute atomic E-state index is 0.0697. The molecule has 1 saturated carbocycles. The normalized spacial score (nSPS) is 20.5. The molecule has 0 amide bonds. The van der Waals surface area contributed by atoms with E-state index < -0.39 is 15.7 Å². The highest BCUT2D eigenvalue weighted by atomic mass is 35.5. The summed E-state index contributed by atoms with van der Waals surface area (Å²) in [4.78, 5) is 32.5. The van der Waals surface area contributed by atoms with Crippen LogP contribution in [0.5, 0.6) is 5.75 Å². The van der Waals surface area contributed by atoms with Crippen molar-refractivity contribution in [3.8, 4) is 5.75 Å². The van der Waals surface area contributed by atoms with Gasteiger partial charge in [0.05, 0.1) is 0 Å². The lowest BCUT2D eigenvalue weighted by molar-refractivity contribution is -0.139. The maximum atomic E-state index is 12.5. The first kappa shape index (κ1) is 19.1. The number of hydrogen-bond acceptors (Lipinski definition) is 6. The van der Waals surface area contributed by atoms with Gasteiger partial charge in [-0.3, -0.25) is 9.59 Å². The Bertz CT molecular complexity index is 861. The highest BCUT2D eigenvalue weighted by Crippen LogP contribution is 2.64. The number of rotatable bonds is 6. The molecule has 0 bridgehead atoms. The average Bonchev–Trinajstić information content (AvgIpc) is 3.14. The first-order valence-corrected chi connectivity index (χ1v) is 9.61. The van der Waals surface area contributed by atoms with Crippen LogP contribution < -0.4 is 4.74 Å². The first-order chi connectivity index (χ1) is 12.2. The topological polar surface area (TPSA) is 69.2 Å². The van der Waals surface area contributed by atoms with Crippen LogP contribution in [0.4, 0.5) is 0 Å². The zero-order chi connectivity index (χ0) is 18.9. The monoisotopic (exact) mass is 410 g/mol. The molecule has 1 atom stereocenters. The molecule has 1 unspecified atom stereocenters. The Kier molecular flexibility index (Phi) is 5.28. The van der Waals surface area contributed by atoms with Crippen LogP contribution in [0.2, 0.25) is 0 Å². The van der Waals surface area contributed by atoms with Crippen molar-refractivity contribution in [3.05, 3.63) is 47.8 Å². The van der Waals surface area contributed by atoms with E-state index in [-0.39, 0.29) is 5.78 Å². The summed E-state index contributed by atoms with van der Waals surface area (Å²) in [6.45, 7) is 3.16. The third-order valence-corrected chi connectivity index (χ3v) is 6.30. The van der Waals surface area contributed by atoms with Gasteiger partial charge in [-0.2, -0.15) is 0 Å². The van der Waals surface area contributed by atoms with Gasteiger partial charge in [-0.05, 0) is 38.1 Å². The van der Waals surface area contributed by atoms with Crippen LogP contribution in [0.3, 0.4) is 0 Å². The number of esters is 1. The molecule has 26 heavy (non-hydrogen) atoms. The molecule has 5 nitrogen and oxygen atoms in total. The second kappa shape index (κ2) is 7.18. The van der Waals surface area contributed by atoms with E-state index >= 15 is 0 Å². The lowest BCUT2D eigenvalue weighted by Crippen LogP contribution is -2.24. The van der Waals surface area contributed by atoms with Gasteiger partial charge < -0.3 is 4.74 Å². The summed E-state index contributed by atoms with van der Waals surface area (Å²) >= 11 is 13.5. The molecular formula is C18H16Cl2N2O3S. The van der Waals surface area contributed by atoms with Gasteiger partial charge in [0, 0.05) is 35.7 Å². The van der Waals surface area contributed by atoms with Crippen molar-refractivity contribution in [2.24, 2.45) is 5.41 Å². The number of thioether (sulfide) groups is 1. The number of carbonyl (C=O) groups excluding carboxylic acids is 2. The fraction of sp³-hybridized carbons (Fsp3) is 0.333. The van der Waals surface area contributed by atoms with E-state index in [2.05, 4.69) is 9.97 Å². The van der Waals surface area contributed by atoms with E-state index in [1.54, 1.807) is 43.6 Å². The highest BCUT2D eigenvalue weighted by molar-refractivity contribution is 7.98. The molecule has 1 aromatic carbocycles. The van der Waals surface area contributed by atoms with Gasteiger partial charge in [-0.25, -0.2) is 9.97 Å². The SMILES string of the molecule is CC(=O)c1ccc(OC(=O)C2(C)CC2(Cl)Cl)c(CSc2ncccn2)c1. The van der Waals surface area contributed by atoms with Gasteiger partial charge in [0.15, 0.2) is 10.9 Å². The number of Topliss-reactive ketones (excluding diaryl/α,β-unsaturated/α-hetero) is 1. The van der Waals surface area contributed by atoms with E-state index in [0.717, 1.165) is 0 Å². The van der Waals surface area contributed by atoms with E-state index in [1.165, 1.54) is 18.7 Å². The van der Waals surface area contributed by atoms with Gasteiger partial charge in [0.25, 0.3) is 0 Å². The summed E-state index contributed by atoms with van der Waals surface area (Å²) in [6, 6.07) is 6.69. The predicted molar refractivity (Wildman–Crippen MR) is 101 cm³/mol. The predicted octanol–water partition coefficient (Wildman–Crippen LogP) is 4.46. The van der Waals surface area contributed by atoms with Crippen LogP contribution in [0.25, 0.3) is 0 Å². The van der Waals surface area contributed by atoms with Gasteiger partial charge in [0.1, 0.15) is 15.5 Å². The van der Waals surface area contributed by atoms with E-state index in [0.29, 0.717) is 34.2 Å². The fourth-order valence-electron chi connectivity index (χ4n) is 2.35. The minimum Gasteiger partial charge on any atom is -0.426 e. The fourth-order valence-corrected chi connectivity index (χ4v) is 3.82. The Morgan fingerprint density at radius 1 is 1.27 bits per heavy atom. The number of halogens is 2. The Morgan fingerprint density at radius 3 is 2.50 bits per heavy atom. The lowest BCUT2D eigenvalue weighted by Gasteiger charge is -2.15. The summed E-state index contributed by atoms with van der Waals surface area (Å²) in [6.07, 6.45) is 3.64. The summed E-state index contributed by atoms with van der Waals surface area (Å²) < 4.78 is 4.46. The Hall–Kier alpha value is -1.63. The van der Waals surface area contributed by atoms with Crippen LogP contribution in [0, 0.1) is 5.41 Å². The zero-order valence-corrected chi connectivity index (χ0v) is 16.5. The molecule has 0 saturated heterocycles. The summed E-state index contributed by atoms with van der Waals surface area (Å²) in [5.41, 5.74) is 0.307. The quantitative estimate of drug-likeness (QED) is 0.175. The highest BCUT2D eigenvalue weighted by Gasteiger charge is 2.69. The lowest BCUT2D eigenvalue weighted by atomic mass is 10.1. The third-order valence-electron chi connectivity index (χ3n) is 4.28. The van der Waals surface area contributed by atoms with Gasteiger partial charge in [-0.1, -0.05) is 11.8 Å². The van der Waals surface area contributed by atoms with Crippen LogP contribution in [-0.4, -0.2) is 26.1 Å². The van der Waals surface area contributed by atoms with Crippen molar-refractivity contribution in [1.82, 2.24) is 9.97 Å². The van der Waals surface area contributed by atoms with Crippen molar-refractivity contribution in [3.63, 3.8) is 0 Å². The maximum absolute atomic E-state index is 12.5. The standard InChI is InChI=1S/C18H16Cl2N2O3S/c1-11(23)12-4-5-14(25-15(24)17(2)10-18(17,19)20)13(8-12)9-26-16-21-6-3-7-22-16/h3-8H,9-10H2,1-2H3. The Balaban J connectivity index is 1.82. The molecule has 1 fully saturated rings. The van der Waals surface area contributed by atoms with Crippen LogP contribution >= 0.6 is 35.0 Å². The number of benzene rings is 1. The number of ether oxygens (including phenoxy) is 1. The van der Waals surface area contributed by atoms with E-state index in [9.17, 15) is 9.59 Å². The Morgan fingerprint density at radius 2 is 1.92 bits per heavy atom. The molecule has 1 aliphatic carbocycles. The Labute approximate surface area is 165 Å². The molecule has 0 radical (unpaired) electrons. The van der Waals surface area contributed by atoms with Crippen molar-refractivity contribution < 1.29 is 14.3 Å². The molecule has 3 rings (SSSR count). The van der Waals surface area contributed by atoms with Crippen LogP contribution in [0.1, 0.15) is 36.2 Å². The smallest absolute Gasteiger partial charge is 0.320 e. The van der Waals surface area contributed by atoms with Crippen LogP contribution in [-0.2, 0) is 10.5 Å². The zero-order valence-electron chi connectivity index (χ0n) is 14.2. The summed E-state index contributed by atoms with van der Waals surface area (Å²) in [7, 11) is 0. The van der Waals surface area contributed by atoms with Crippen molar-refractivity contribution in [2.75, 3.05) is 0 Å². The van der Waals surface area contributed by atoms with Gasteiger partial charge >= 0.3 is 5.97 Å². The molecule has 0 spiro atoms. The molecule has 8 heteroatoms. The molecule has 1 aromatic heterocycles. The van der Waals surface area contributed by atoms with Gasteiger partial charge in [-0.15, -0.1) is 23.2 Å². The summed E-state index contributed by atoms with van der Waals surface area (Å²) in [5.74, 6) is 0.262. The molecule has 1 heterocycles.